The van der Waals surface area contributed by atoms with Crippen LogP contribution in [0.5, 0.6) is 0 Å². The highest BCUT2D eigenvalue weighted by Crippen LogP contribution is 2.21. The molecule has 4 rings (SSSR count). The van der Waals surface area contributed by atoms with Crippen molar-refractivity contribution in [1.29, 1.82) is 0 Å². The molecule has 0 fully saturated rings. The second kappa shape index (κ2) is 6.41. The maximum absolute atomic E-state index is 4.65. The van der Waals surface area contributed by atoms with E-state index in [9.17, 15) is 0 Å². The monoisotopic (exact) mass is 335 g/mol. The number of fused-ring (bicyclic) bond motifs is 1. The zero-order valence-corrected chi connectivity index (χ0v) is 14.1. The lowest BCUT2D eigenvalue weighted by atomic mass is 10.1. The molecule has 3 aromatic heterocycles. The van der Waals surface area contributed by atoms with E-state index >= 15 is 0 Å². The summed E-state index contributed by atoms with van der Waals surface area (Å²) in [5, 5.41) is 20.6. The summed E-state index contributed by atoms with van der Waals surface area (Å²) in [6.45, 7) is 2.92. The van der Waals surface area contributed by atoms with Crippen LogP contribution in [-0.4, -0.2) is 19.8 Å². The molecule has 0 amide bonds. The van der Waals surface area contributed by atoms with E-state index in [-0.39, 0.29) is 0 Å². The second-order valence-corrected chi connectivity index (χ2v) is 6.28. The Labute approximate surface area is 144 Å². The topological polar surface area (TPSA) is 55.1 Å². The molecule has 0 bridgehead atoms. The third-order valence-electron chi connectivity index (χ3n) is 4.00. The largest absolute Gasteiger partial charge is 0.365 e. The zero-order chi connectivity index (χ0) is 16.4. The van der Waals surface area contributed by atoms with Crippen molar-refractivity contribution < 1.29 is 0 Å². The normalized spacial score (nSPS) is 11.0. The molecule has 6 heteroatoms. The van der Waals surface area contributed by atoms with E-state index in [1.54, 1.807) is 15.9 Å². The maximum atomic E-state index is 4.65. The Morgan fingerprint density at radius 2 is 1.92 bits per heavy atom. The van der Waals surface area contributed by atoms with Crippen LogP contribution >= 0.6 is 11.3 Å². The first-order valence-electron chi connectivity index (χ1n) is 7.91. The molecule has 0 aliphatic rings. The minimum atomic E-state index is 0.746. The summed E-state index contributed by atoms with van der Waals surface area (Å²) in [7, 11) is 0. The van der Waals surface area contributed by atoms with Gasteiger partial charge in [0.2, 0.25) is 0 Å². The van der Waals surface area contributed by atoms with Crippen LogP contribution in [0.2, 0.25) is 0 Å². The van der Waals surface area contributed by atoms with Crippen molar-refractivity contribution in [3.8, 4) is 11.4 Å². The first kappa shape index (κ1) is 14.8. The Hall–Kier alpha value is -2.73. The molecular formula is C18H17N5S. The van der Waals surface area contributed by atoms with Crippen LogP contribution in [0.15, 0.2) is 53.2 Å². The van der Waals surface area contributed by atoms with E-state index in [2.05, 4.69) is 57.2 Å². The summed E-state index contributed by atoms with van der Waals surface area (Å²) in [6, 6.07) is 14.4. The van der Waals surface area contributed by atoms with Crippen molar-refractivity contribution >= 4 is 22.8 Å². The number of hydrogen-bond acceptors (Lipinski definition) is 5. The Kier molecular flexibility index (Phi) is 3.96. The number of thiophene rings is 1. The van der Waals surface area contributed by atoms with Crippen LogP contribution in [0.4, 0.5) is 5.82 Å². The van der Waals surface area contributed by atoms with E-state index in [1.807, 2.05) is 23.6 Å². The van der Waals surface area contributed by atoms with Crippen molar-refractivity contribution in [2.75, 3.05) is 5.32 Å². The molecule has 0 aliphatic heterocycles. The molecule has 0 spiro atoms. The number of aryl methyl sites for hydroxylation is 1. The van der Waals surface area contributed by atoms with Crippen molar-refractivity contribution in [2.45, 2.75) is 19.9 Å². The number of rotatable bonds is 5. The lowest BCUT2D eigenvalue weighted by molar-refractivity contribution is 0.922. The summed E-state index contributed by atoms with van der Waals surface area (Å²) >= 11 is 1.64. The van der Waals surface area contributed by atoms with Gasteiger partial charge >= 0.3 is 0 Å². The molecule has 1 N–H and O–H groups in total. The second-order valence-electron chi connectivity index (χ2n) is 5.50. The molecule has 0 aliphatic carbocycles. The first-order valence-corrected chi connectivity index (χ1v) is 8.85. The predicted octanol–water partition coefficient (Wildman–Crippen LogP) is 4.03. The third-order valence-corrected chi connectivity index (χ3v) is 4.68. The van der Waals surface area contributed by atoms with E-state index in [0.29, 0.717) is 0 Å². The Balaban J connectivity index is 1.62. The summed E-state index contributed by atoms with van der Waals surface area (Å²) < 4.78 is 1.79. The van der Waals surface area contributed by atoms with Crippen molar-refractivity contribution in [2.24, 2.45) is 0 Å². The Morgan fingerprint density at radius 3 is 2.71 bits per heavy atom. The standard InChI is InChI=1S/C18H17N5S/c1-2-13-5-3-4-6-14(13)11-19-16-7-8-17-20-21-18(23(17)22-16)15-9-10-24-12-15/h3-10,12H,2,11H2,1H3,(H,19,22). The molecule has 0 saturated heterocycles. The maximum Gasteiger partial charge on any atom is 0.186 e. The van der Waals surface area contributed by atoms with Gasteiger partial charge in [0.15, 0.2) is 11.5 Å². The van der Waals surface area contributed by atoms with E-state index in [4.69, 9.17) is 0 Å². The fourth-order valence-electron chi connectivity index (χ4n) is 2.72. The highest BCUT2D eigenvalue weighted by molar-refractivity contribution is 7.08. The molecule has 0 saturated carbocycles. The molecule has 1 aromatic carbocycles. The number of nitrogens with zero attached hydrogens (tertiary/aromatic N) is 4. The minimum Gasteiger partial charge on any atom is -0.365 e. The van der Waals surface area contributed by atoms with Gasteiger partial charge in [-0.15, -0.1) is 15.3 Å². The highest BCUT2D eigenvalue weighted by atomic mass is 32.1. The van der Waals surface area contributed by atoms with Gasteiger partial charge in [-0.25, -0.2) is 0 Å². The van der Waals surface area contributed by atoms with Gasteiger partial charge in [-0.3, -0.25) is 0 Å². The van der Waals surface area contributed by atoms with Gasteiger partial charge in [0.25, 0.3) is 0 Å². The van der Waals surface area contributed by atoms with E-state index < -0.39 is 0 Å². The zero-order valence-electron chi connectivity index (χ0n) is 13.3. The molecule has 0 unspecified atom stereocenters. The van der Waals surface area contributed by atoms with Crippen LogP contribution in [0.1, 0.15) is 18.1 Å². The molecule has 120 valence electrons. The van der Waals surface area contributed by atoms with Crippen LogP contribution in [-0.2, 0) is 13.0 Å². The van der Waals surface area contributed by atoms with Gasteiger partial charge in [-0.2, -0.15) is 15.9 Å². The van der Waals surface area contributed by atoms with Crippen molar-refractivity contribution in [3.05, 3.63) is 64.4 Å². The predicted molar refractivity (Wildman–Crippen MR) is 97.2 cm³/mol. The van der Waals surface area contributed by atoms with Crippen LogP contribution in [0.25, 0.3) is 17.0 Å². The average molecular weight is 335 g/mol. The highest BCUT2D eigenvalue weighted by Gasteiger charge is 2.10. The molecule has 4 aromatic rings. The first-order chi connectivity index (χ1) is 11.8. The van der Waals surface area contributed by atoms with Crippen LogP contribution < -0.4 is 5.32 Å². The lowest BCUT2D eigenvalue weighted by Crippen LogP contribution is -2.06. The quantitative estimate of drug-likeness (QED) is 0.598. The fraction of sp³-hybridized carbons (Fsp3) is 0.167. The minimum absolute atomic E-state index is 0.746. The lowest BCUT2D eigenvalue weighted by Gasteiger charge is -2.10. The van der Waals surface area contributed by atoms with Crippen molar-refractivity contribution in [1.82, 2.24) is 19.8 Å². The molecule has 0 atom stereocenters. The Morgan fingerprint density at radius 1 is 1.04 bits per heavy atom. The van der Waals surface area contributed by atoms with Crippen LogP contribution in [0, 0.1) is 0 Å². The van der Waals surface area contributed by atoms with Crippen LogP contribution in [0.3, 0.4) is 0 Å². The Bertz CT molecular complexity index is 959. The number of aromatic nitrogens is 4. The van der Waals surface area contributed by atoms with Gasteiger partial charge < -0.3 is 5.32 Å². The summed E-state index contributed by atoms with van der Waals surface area (Å²) in [5.74, 6) is 1.58. The van der Waals surface area contributed by atoms with Gasteiger partial charge in [-0.1, -0.05) is 31.2 Å². The summed E-state index contributed by atoms with van der Waals surface area (Å²) in [5.41, 5.74) is 4.43. The molecule has 0 radical (unpaired) electrons. The van der Waals surface area contributed by atoms with E-state index in [0.717, 1.165) is 35.8 Å². The third kappa shape index (κ3) is 2.76. The smallest absolute Gasteiger partial charge is 0.186 e. The van der Waals surface area contributed by atoms with Gasteiger partial charge in [0, 0.05) is 17.5 Å². The summed E-state index contributed by atoms with van der Waals surface area (Å²) in [4.78, 5) is 0. The molecule has 24 heavy (non-hydrogen) atoms. The van der Waals surface area contributed by atoms with Gasteiger partial charge in [0.05, 0.1) is 0 Å². The SMILES string of the molecule is CCc1ccccc1CNc1ccc2nnc(-c3ccsc3)n2n1. The molecule has 5 nitrogen and oxygen atoms in total. The van der Waals surface area contributed by atoms with Gasteiger partial charge in [0.1, 0.15) is 5.82 Å². The van der Waals surface area contributed by atoms with E-state index in [1.165, 1.54) is 11.1 Å². The fourth-order valence-corrected chi connectivity index (χ4v) is 3.35. The number of benzene rings is 1. The molecular weight excluding hydrogens is 318 g/mol. The van der Waals surface area contributed by atoms with Gasteiger partial charge in [-0.05, 0) is 41.1 Å². The molecule has 3 heterocycles. The number of nitrogens with one attached hydrogen (secondary N) is 1. The summed E-state index contributed by atoms with van der Waals surface area (Å²) in [6.07, 6.45) is 1.03. The van der Waals surface area contributed by atoms with Crippen molar-refractivity contribution in [3.63, 3.8) is 0 Å². The number of hydrogen-bond donors (Lipinski definition) is 1. The number of anilines is 1. The average Bonchev–Trinajstić information content (AvgIpc) is 3.29.